The van der Waals surface area contributed by atoms with Crippen LogP contribution in [0.2, 0.25) is 0 Å². The van der Waals surface area contributed by atoms with E-state index in [0.29, 0.717) is 65.2 Å². The molecular weight excluding hydrogens is 620 g/mol. The van der Waals surface area contributed by atoms with Crippen LogP contribution >= 0.6 is 0 Å². The Kier molecular flexibility index (Phi) is 10.0. The Hall–Kier alpha value is -4.68. The van der Waals surface area contributed by atoms with Crippen LogP contribution < -0.4 is 15.2 Å². The normalized spacial score (nSPS) is 15.4. The van der Waals surface area contributed by atoms with Gasteiger partial charge in [0.25, 0.3) is 11.8 Å². The third-order valence-electron chi connectivity index (χ3n) is 8.29. The minimum atomic E-state index is -4.27. The van der Waals surface area contributed by atoms with Crippen molar-refractivity contribution >= 4 is 51.3 Å². The summed E-state index contributed by atoms with van der Waals surface area (Å²) in [4.78, 5) is 40.3. The third-order valence-corrected chi connectivity index (χ3v) is 10.3. The number of carbonyl (C=O) groups excluding carboxylic acids is 3. The zero-order valence-corrected chi connectivity index (χ0v) is 27.1. The average Bonchev–Trinajstić information content (AvgIpc) is 3.35. The van der Waals surface area contributed by atoms with Crippen LogP contribution in [0.3, 0.4) is 0 Å². The summed E-state index contributed by atoms with van der Waals surface area (Å²) < 4.78 is 36.6. The lowest BCUT2D eigenvalue weighted by Crippen LogP contribution is -2.34. The highest BCUT2D eigenvalue weighted by atomic mass is 32.2. The molecule has 2 amide bonds. The fourth-order valence-electron chi connectivity index (χ4n) is 5.75. The summed E-state index contributed by atoms with van der Waals surface area (Å²) in [5, 5.41) is 2.02. The molecule has 0 saturated carbocycles. The molecule has 2 aliphatic heterocycles. The van der Waals surface area contributed by atoms with Crippen LogP contribution in [0, 0.1) is 13.8 Å². The molecule has 248 valence electrons. The van der Waals surface area contributed by atoms with Crippen LogP contribution in [-0.2, 0) is 29.2 Å². The molecule has 47 heavy (non-hydrogen) atoms. The standard InChI is InChI=1S/C35H37N4O7S/c1-4-5-20-38(21-10-6-7-13-31(42)46-39-29(40)18-19-30(39)41)47(43,44)35-28(37)17-15-26-32(24-12-9-8-11-22(24)2)25-14-16-27(36)23(3)33(25)45-34(26)35/h8-9,11-12,14-17,36-37H,1-2,4-7,10,13,18-21H2,3H3/q-3. The number of hydrogen-bond acceptors (Lipinski definition) is 7. The number of sulfonamides is 1. The Bertz CT molecular complexity index is 1940. The lowest BCUT2D eigenvalue weighted by Gasteiger charge is -2.32. The van der Waals surface area contributed by atoms with Crippen molar-refractivity contribution in [3.8, 4) is 11.5 Å². The van der Waals surface area contributed by atoms with E-state index < -0.39 is 27.8 Å². The van der Waals surface area contributed by atoms with Crippen molar-refractivity contribution in [2.24, 2.45) is 0 Å². The molecule has 0 aliphatic carbocycles. The first kappa shape index (κ1) is 33.7. The molecule has 0 bridgehead atoms. The number of ether oxygens (including phenoxy) is 1. The number of nitrogens with zero attached hydrogens (tertiary/aromatic N) is 2. The number of rotatable bonds is 12. The first-order valence-corrected chi connectivity index (χ1v) is 17.0. The minimum Gasteiger partial charge on any atom is -0.698 e. The van der Waals surface area contributed by atoms with Crippen molar-refractivity contribution in [3.63, 3.8) is 0 Å². The number of hydroxylamine groups is 2. The van der Waals surface area contributed by atoms with Gasteiger partial charge in [0.1, 0.15) is 10.6 Å². The third kappa shape index (κ3) is 6.75. The van der Waals surface area contributed by atoms with Gasteiger partial charge >= 0.3 is 5.97 Å². The molecule has 5 rings (SSSR count). The van der Waals surface area contributed by atoms with Gasteiger partial charge in [-0.2, -0.15) is 10.7 Å². The van der Waals surface area contributed by atoms with Gasteiger partial charge in [-0.3, -0.25) is 9.59 Å². The van der Waals surface area contributed by atoms with E-state index in [1.165, 1.54) is 10.4 Å². The number of hydrogen-bond donors (Lipinski definition) is 0. The number of fused-ring (bicyclic) bond motifs is 2. The molecule has 0 atom stereocenters. The second-order valence-electron chi connectivity index (χ2n) is 11.5. The second kappa shape index (κ2) is 14.0. The van der Waals surface area contributed by atoms with E-state index in [9.17, 15) is 22.8 Å². The molecule has 3 aromatic carbocycles. The Morgan fingerprint density at radius 1 is 0.936 bits per heavy atom. The number of nitrogens with one attached hydrogen (secondary N) is 2. The lowest BCUT2D eigenvalue weighted by molar-refractivity contribution is -0.197. The second-order valence-corrected chi connectivity index (χ2v) is 13.4. The van der Waals surface area contributed by atoms with Crippen molar-refractivity contribution in [3.05, 3.63) is 94.0 Å². The van der Waals surface area contributed by atoms with Gasteiger partial charge in [0.05, 0.1) is 0 Å². The number of carbonyl (C=O) groups is 3. The van der Waals surface area contributed by atoms with Gasteiger partial charge < -0.3 is 28.0 Å². The van der Waals surface area contributed by atoms with E-state index in [4.69, 9.17) is 21.0 Å². The molecule has 0 unspecified atom stereocenters. The van der Waals surface area contributed by atoms with Gasteiger partial charge in [-0.05, 0) is 35.8 Å². The summed E-state index contributed by atoms with van der Waals surface area (Å²) >= 11 is 0. The largest absolute Gasteiger partial charge is 0.698 e. The molecule has 0 spiro atoms. The maximum absolute atomic E-state index is 14.4. The Balaban J connectivity index is 1.44. The van der Waals surface area contributed by atoms with Crippen LogP contribution in [0.4, 0.5) is 11.4 Å². The summed E-state index contributed by atoms with van der Waals surface area (Å²) in [5.41, 5.74) is 19.6. The summed E-state index contributed by atoms with van der Waals surface area (Å²) in [7, 11) is -4.27. The molecule has 11 nitrogen and oxygen atoms in total. The number of amides is 2. The van der Waals surface area contributed by atoms with Crippen molar-refractivity contribution in [1.82, 2.24) is 9.37 Å². The maximum atomic E-state index is 14.4. The van der Waals surface area contributed by atoms with Crippen molar-refractivity contribution in [2.75, 3.05) is 13.1 Å². The van der Waals surface area contributed by atoms with Crippen LogP contribution in [0.15, 0.2) is 53.4 Å². The molecule has 0 radical (unpaired) electrons. The van der Waals surface area contributed by atoms with Crippen molar-refractivity contribution in [2.45, 2.75) is 63.2 Å². The number of unbranched alkanes of at least 4 members (excludes halogenated alkanes) is 3. The number of benzene rings is 3. The van der Waals surface area contributed by atoms with E-state index >= 15 is 0 Å². The molecule has 2 heterocycles. The highest BCUT2D eigenvalue weighted by molar-refractivity contribution is 7.89. The summed E-state index contributed by atoms with van der Waals surface area (Å²) in [5.74, 6) is -1.41. The SMILES string of the molecule is C=c1ccccc1=C1c2ccc([NH-])c(C)c2Oc2c1ccc([NH-])c2S(=O)(=O)N(CCC[CH2-])CCCCCC(=O)ON1C(=O)CCC1=O. The van der Waals surface area contributed by atoms with Gasteiger partial charge in [-0.15, -0.1) is 16.4 Å². The predicted molar refractivity (Wildman–Crippen MR) is 177 cm³/mol. The number of imide groups is 1. The fourth-order valence-corrected chi connectivity index (χ4v) is 7.48. The Labute approximate surface area is 274 Å². The first-order valence-electron chi connectivity index (χ1n) is 15.5. The molecule has 2 N–H and O–H groups in total. The highest BCUT2D eigenvalue weighted by Crippen LogP contribution is 2.51. The zero-order valence-electron chi connectivity index (χ0n) is 26.3. The molecule has 2 aliphatic rings. The van der Waals surface area contributed by atoms with Crippen molar-refractivity contribution in [1.29, 1.82) is 0 Å². The highest BCUT2D eigenvalue weighted by Gasteiger charge is 2.35. The minimum absolute atomic E-state index is 0.0131. The monoisotopic (exact) mass is 657 g/mol. The van der Waals surface area contributed by atoms with Crippen molar-refractivity contribution < 1.29 is 32.4 Å². The molecule has 1 fully saturated rings. The Morgan fingerprint density at radius 3 is 2.26 bits per heavy atom. The van der Waals surface area contributed by atoms with E-state index in [0.717, 1.165) is 10.4 Å². The van der Waals surface area contributed by atoms with Gasteiger partial charge in [0.2, 0.25) is 10.0 Å². The van der Waals surface area contributed by atoms with Gasteiger partial charge in [0, 0.05) is 49.1 Å². The van der Waals surface area contributed by atoms with Crippen LogP contribution in [0.5, 0.6) is 11.5 Å². The van der Waals surface area contributed by atoms with Crippen LogP contribution in [-0.4, -0.2) is 48.7 Å². The first-order chi connectivity index (χ1) is 22.4. The summed E-state index contributed by atoms with van der Waals surface area (Å²) in [6, 6.07) is 14.1. The van der Waals surface area contributed by atoms with Gasteiger partial charge in [-0.25, -0.2) is 13.2 Å². The van der Waals surface area contributed by atoms with E-state index in [1.807, 2.05) is 24.3 Å². The summed E-state index contributed by atoms with van der Waals surface area (Å²) in [6.45, 7) is 10.1. The van der Waals surface area contributed by atoms with Gasteiger partial charge in [0.15, 0.2) is 5.75 Å². The van der Waals surface area contributed by atoms with E-state index in [-0.39, 0.29) is 54.4 Å². The molecule has 12 heteroatoms. The molecular formula is C35H37N4O7S-3. The zero-order chi connectivity index (χ0) is 33.9. The van der Waals surface area contributed by atoms with Gasteiger partial charge in [-0.1, -0.05) is 68.0 Å². The fraction of sp³-hybridized carbons (Fsp3) is 0.314. The predicted octanol–water partition coefficient (Wildman–Crippen LogP) is 5.90. The summed E-state index contributed by atoms with van der Waals surface area (Å²) in [6.07, 6.45) is 2.22. The van der Waals surface area contributed by atoms with Crippen LogP contribution in [0.1, 0.15) is 68.1 Å². The smallest absolute Gasteiger partial charge is 0.333 e. The Morgan fingerprint density at radius 2 is 1.57 bits per heavy atom. The topological polar surface area (TPSA) is 158 Å². The maximum Gasteiger partial charge on any atom is 0.333 e. The molecule has 1 saturated heterocycles. The molecule has 0 aromatic heterocycles. The average molecular weight is 658 g/mol. The molecule has 3 aromatic rings. The lowest BCUT2D eigenvalue weighted by atomic mass is 9.89. The van der Waals surface area contributed by atoms with E-state index in [2.05, 4.69) is 13.5 Å². The van der Waals surface area contributed by atoms with Crippen LogP contribution in [0.25, 0.3) is 23.6 Å². The van der Waals surface area contributed by atoms with E-state index in [1.54, 1.807) is 25.1 Å². The quantitative estimate of drug-likeness (QED) is 0.104.